The molecule has 1 amide bonds. The summed E-state index contributed by atoms with van der Waals surface area (Å²) in [7, 11) is 0. The lowest BCUT2D eigenvalue weighted by Gasteiger charge is -2.31. The third kappa shape index (κ3) is 3.75. The second-order valence-electron chi connectivity index (χ2n) is 4.40. The Morgan fingerprint density at radius 2 is 2.06 bits per heavy atom. The van der Waals surface area contributed by atoms with Crippen molar-refractivity contribution in [1.29, 1.82) is 0 Å². The van der Waals surface area contributed by atoms with Gasteiger partial charge in [0, 0.05) is 6.54 Å². The van der Waals surface area contributed by atoms with Crippen LogP contribution in [0, 0.1) is 5.92 Å². The summed E-state index contributed by atoms with van der Waals surface area (Å²) in [6, 6.07) is 9.26. The highest BCUT2D eigenvalue weighted by atomic mass is 16.5. The highest BCUT2D eigenvalue weighted by molar-refractivity contribution is 5.77. The molecular weight excluding hydrogens is 218 g/mol. The minimum Gasteiger partial charge on any atom is -0.484 e. The van der Waals surface area contributed by atoms with E-state index < -0.39 is 0 Å². The van der Waals surface area contributed by atoms with Crippen molar-refractivity contribution in [1.82, 2.24) is 5.32 Å². The van der Waals surface area contributed by atoms with Crippen molar-refractivity contribution in [2.75, 3.05) is 13.2 Å². The van der Waals surface area contributed by atoms with Gasteiger partial charge in [-0.15, -0.1) is 0 Å². The van der Waals surface area contributed by atoms with Crippen LogP contribution in [0.5, 0.6) is 5.75 Å². The van der Waals surface area contributed by atoms with Gasteiger partial charge < -0.3 is 15.2 Å². The van der Waals surface area contributed by atoms with E-state index in [1.54, 1.807) is 0 Å². The zero-order chi connectivity index (χ0) is 12.1. The number of carbonyl (C=O) groups is 1. The molecule has 92 valence electrons. The molecule has 17 heavy (non-hydrogen) atoms. The van der Waals surface area contributed by atoms with E-state index >= 15 is 0 Å². The van der Waals surface area contributed by atoms with E-state index in [1.165, 1.54) is 0 Å². The van der Waals surface area contributed by atoms with Gasteiger partial charge in [-0.3, -0.25) is 4.79 Å². The predicted octanol–water partition coefficient (Wildman–Crippen LogP) is 0.952. The molecule has 1 aromatic carbocycles. The fraction of sp³-hybridized carbons (Fsp3) is 0.462. The number of aliphatic hydroxyl groups is 1. The first-order valence-electron chi connectivity index (χ1n) is 5.86. The van der Waals surface area contributed by atoms with Gasteiger partial charge in [-0.2, -0.15) is 0 Å². The minimum absolute atomic E-state index is 0.0410. The summed E-state index contributed by atoms with van der Waals surface area (Å²) in [5.41, 5.74) is 0. The lowest BCUT2D eigenvalue weighted by molar-refractivity contribution is -0.123. The molecule has 4 nitrogen and oxygen atoms in total. The van der Waals surface area contributed by atoms with Gasteiger partial charge >= 0.3 is 0 Å². The first-order chi connectivity index (χ1) is 8.24. The monoisotopic (exact) mass is 235 g/mol. The van der Waals surface area contributed by atoms with E-state index in [0.717, 1.165) is 12.8 Å². The number of hydrogen-bond acceptors (Lipinski definition) is 3. The van der Waals surface area contributed by atoms with Crippen molar-refractivity contribution in [2.24, 2.45) is 5.92 Å². The summed E-state index contributed by atoms with van der Waals surface area (Å²) in [6.45, 7) is 0.674. The van der Waals surface area contributed by atoms with Gasteiger partial charge in [0.15, 0.2) is 6.61 Å². The van der Waals surface area contributed by atoms with Gasteiger partial charge in [0.1, 0.15) is 5.75 Å². The molecule has 1 aromatic rings. The number of para-hydroxylation sites is 1. The van der Waals surface area contributed by atoms with Crippen LogP contribution in [0.25, 0.3) is 0 Å². The Hall–Kier alpha value is -1.55. The van der Waals surface area contributed by atoms with Gasteiger partial charge in [-0.1, -0.05) is 18.2 Å². The predicted molar refractivity (Wildman–Crippen MR) is 63.7 cm³/mol. The molecule has 0 aliphatic heterocycles. The number of rotatable bonds is 5. The van der Waals surface area contributed by atoms with Gasteiger partial charge in [-0.25, -0.2) is 0 Å². The van der Waals surface area contributed by atoms with Gasteiger partial charge in [-0.05, 0) is 30.9 Å². The van der Waals surface area contributed by atoms with Crippen LogP contribution >= 0.6 is 0 Å². The van der Waals surface area contributed by atoms with Crippen LogP contribution in [-0.4, -0.2) is 30.3 Å². The fourth-order valence-corrected chi connectivity index (χ4v) is 1.84. The molecule has 0 atom stereocenters. The Morgan fingerprint density at radius 1 is 1.35 bits per heavy atom. The lowest BCUT2D eigenvalue weighted by atomic mass is 9.82. The van der Waals surface area contributed by atoms with Crippen LogP contribution in [0.3, 0.4) is 0 Å². The Morgan fingerprint density at radius 3 is 2.71 bits per heavy atom. The lowest BCUT2D eigenvalue weighted by Crippen LogP contribution is -2.39. The van der Waals surface area contributed by atoms with E-state index in [1.807, 2.05) is 30.3 Å². The molecule has 0 radical (unpaired) electrons. The van der Waals surface area contributed by atoms with Crippen LogP contribution in [0.15, 0.2) is 30.3 Å². The largest absolute Gasteiger partial charge is 0.484 e. The Balaban J connectivity index is 1.61. The maximum absolute atomic E-state index is 11.4. The maximum atomic E-state index is 11.4. The van der Waals surface area contributed by atoms with E-state index in [4.69, 9.17) is 9.84 Å². The van der Waals surface area contributed by atoms with Gasteiger partial charge in [0.2, 0.25) is 0 Å². The number of benzene rings is 1. The molecule has 1 aliphatic carbocycles. The van der Waals surface area contributed by atoms with E-state index in [2.05, 4.69) is 5.32 Å². The quantitative estimate of drug-likeness (QED) is 0.799. The Labute approximate surface area is 101 Å². The molecule has 0 aromatic heterocycles. The van der Waals surface area contributed by atoms with Crippen LogP contribution in [0.2, 0.25) is 0 Å². The summed E-state index contributed by atoms with van der Waals surface area (Å²) in [6.07, 6.45) is 1.41. The highest BCUT2D eigenvalue weighted by Crippen LogP contribution is 2.25. The summed E-state index contributed by atoms with van der Waals surface area (Å²) < 4.78 is 5.31. The third-order valence-corrected chi connectivity index (χ3v) is 2.91. The number of carbonyl (C=O) groups excluding carboxylic acids is 1. The van der Waals surface area contributed by atoms with Crippen LogP contribution in [0.1, 0.15) is 12.8 Å². The molecule has 1 fully saturated rings. The standard InChI is InChI=1S/C13H17NO3/c15-11-6-10(7-11)8-14-13(16)9-17-12-4-2-1-3-5-12/h1-5,10-11,15H,6-9H2,(H,14,16). The van der Waals surface area contributed by atoms with E-state index in [9.17, 15) is 4.79 Å². The second kappa shape index (κ2) is 5.68. The average Bonchev–Trinajstić information content (AvgIpc) is 2.32. The number of aliphatic hydroxyl groups excluding tert-OH is 1. The van der Waals surface area contributed by atoms with Crippen LogP contribution < -0.4 is 10.1 Å². The molecule has 2 rings (SSSR count). The normalized spacial score (nSPS) is 22.6. The third-order valence-electron chi connectivity index (χ3n) is 2.91. The van der Waals surface area contributed by atoms with E-state index in [-0.39, 0.29) is 18.6 Å². The average molecular weight is 235 g/mol. The molecule has 2 N–H and O–H groups in total. The molecule has 4 heteroatoms. The first-order valence-corrected chi connectivity index (χ1v) is 5.86. The summed E-state index contributed by atoms with van der Waals surface area (Å²) in [5.74, 6) is 1.00. The SMILES string of the molecule is O=C(COc1ccccc1)NCC1CC(O)C1. The number of amides is 1. The molecule has 0 bridgehead atoms. The van der Waals surface area contributed by atoms with Crippen LogP contribution in [0.4, 0.5) is 0 Å². The van der Waals surface area contributed by atoms with Crippen molar-refractivity contribution in [3.8, 4) is 5.75 Å². The maximum Gasteiger partial charge on any atom is 0.257 e. The van der Waals surface area contributed by atoms with Gasteiger partial charge in [0.05, 0.1) is 6.10 Å². The zero-order valence-corrected chi connectivity index (χ0v) is 9.63. The molecule has 1 saturated carbocycles. The topological polar surface area (TPSA) is 58.6 Å². The minimum atomic E-state index is -0.169. The highest BCUT2D eigenvalue weighted by Gasteiger charge is 2.27. The molecule has 1 aliphatic rings. The van der Waals surface area contributed by atoms with Gasteiger partial charge in [0.25, 0.3) is 5.91 Å². The summed E-state index contributed by atoms with van der Waals surface area (Å²) in [4.78, 5) is 11.4. The molecule has 0 saturated heterocycles. The number of ether oxygens (including phenoxy) is 1. The number of hydrogen-bond donors (Lipinski definition) is 2. The first kappa shape index (κ1) is 11.9. The summed E-state index contributed by atoms with van der Waals surface area (Å²) in [5, 5.41) is 11.9. The van der Waals surface area contributed by atoms with Crippen molar-refractivity contribution in [3.05, 3.63) is 30.3 Å². The van der Waals surface area contributed by atoms with Crippen LogP contribution in [-0.2, 0) is 4.79 Å². The Kier molecular flexibility index (Phi) is 3.98. The molecule has 0 spiro atoms. The second-order valence-corrected chi connectivity index (χ2v) is 4.40. The fourth-order valence-electron chi connectivity index (χ4n) is 1.84. The smallest absolute Gasteiger partial charge is 0.257 e. The molecular formula is C13H17NO3. The van der Waals surface area contributed by atoms with E-state index in [0.29, 0.717) is 18.2 Å². The summed E-state index contributed by atoms with van der Waals surface area (Å²) >= 11 is 0. The molecule has 0 heterocycles. The zero-order valence-electron chi connectivity index (χ0n) is 9.63. The molecule has 0 unspecified atom stereocenters. The number of nitrogens with one attached hydrogen (secondary N) is 1. The van der Waals surface area contributed by atoms with Crippen molar-refractivity contribution < 1.29 is 14.6 Å². The van der Waals surface area contributed by atoms with Crippen molar-refractivity contribution in [2.45, 2.75) is 18.9 Å². The Bertz CT molecular complexity index is 360. The van der Waals surface area contributed by atoms with Crippen molar-refractivity contribution in [3.63, 3.8) is 0 Å². The van der Waals surface area contributed by atoms with Crippen molar-refractivity contribution >= 4 is 5.91 Å².